The molecule has 0 aliphatic heterocycles. The molecule has 88 valence electrons. The maximum atomic E-state index is 3.78. The molecule has 0 spiro atoms. The Morgan fingerprint density at radius 2 is 1.59 bits per heavy atom. The molecule has 0 amide bonds. The first-order valence-electron chi connectivity index (χ1n) is 5.91. The lowest BCUT2D eigenvalue weighted by Gasteiger charge is -2.21. The van der Waals surface area contributed by atoms with Gasteiger partial charge in [-0.1, -0.05) is 24.3 Å². The quantitative estimate of drug-likeness (QED) is 0.813. The third-order valence-corrected chi connectivity index (χ3v) is 4.94. The topological polar surface area (TPSA) is 12.0 Å². The summed E-state index contributed by atoms with van der Waals surface area (Å²) in [5.41, 5.74) is 0. The van der Waals surface area contributed by atoms with Crippen LogP contribution in [0.1, 0.15) is 28.6 Å². The molecule has 0 aromatic carbocycles. The van der Waals surface area contributed by atoms with E-state index in [0.29, 0.717) is 12.1 Å². The molecule has 0 fully saturated rings. The van der Waals surface area contributed by atoms with E-state index in [1.165, 1.54) is 9.75 Å². The summed E-state index contributed by atoms with van der Waals surface area (Å²) >= 11 is 3.67. The average molecular weight is 261 g/mol. The number of rotatable bonds is 4. The Labute approximate surface area is 110 Å². The smallest absolute Gasteiger partial charge is 0.0767 e. The molecule has 17 heavy (non-hydrogen) atoms. The summed E-state index contributed by atoms with van der Waals surface area (Å²) in [5.74, 6) is 0. The SMILES string of the molecule is C1=CCC(NC(c2cccs2)c2cccs2)C1. The fourth-order valence-electron chi connectivity index (χ4n) is 2.20. The van der Waals surface area contributed by atoms with Gasteiger partial charge in [0.25, 0.3) is 0 Å². The van der Waals surface area contributed by atoms with Crippen LogP contribution in [-0.2, 0) is 0 Å². The molecule has 1 N–H and O–H groups in total. The zero-order chi connectivity index (χ0) is 11.5. The summed E-state index contributed by atoms with van der Waals surface area (Å²) in [7, 11) is 0. The second kappa shape index (κ2) is 5.17. The highest BCUT2D eigenvalue weighted by atomic mass is 32.1. The van der Waals surface area contributed by atoms with Crippen molar-refractivity contribution in [3.8, 4) is 0 Å². The molecule has 0 saturated heterocycles. The van der Waals surface area contributed by atoms with Crippen LogP contribution in [0.3, 0.4) is 0 Å². The van der Waals surface area contributed by atoms with E-state index in [-0.39, 0.29) is 0 Å². The molecule has 0 bridgehead atoms. The van der Waals surface area contributed by atoms with E-state index in [9.17, 15) is 0 Å². The lowest BCUT2D eigenvalue weighted by molar-refractivity contribution is 0.498. The first-order valence-corrected chi connectivity index (χ1v) is 7.67. The van der Waals surface area contributed by atoms with E-state index < -0.39 is 0 Å². The summed E-state index contributed by atoms with van der Waals surface area (Å²) in [6, 6.07) is 9.70. The number of hydrogen-bond acceptors (Lipinski definition) is 3. The van der Waals surface area contributed by atoms with Gasteiger partial charge in [-0.05, 0) is 35.7 Å². The standard InChI is InChI=1S/C14H15NS2/c1-2-6-11(5-1)15-14(12-7-3-9-16-12)13-8-4-10-17-13/h1-4,7-11,14-15H,5-6H2. The average Bonchev–Trinajstić information content (AvgIpc) is 3.09. The Hall–Kier alpha value is -0.900. The zero-order valence-corrected chi connectivity index (χ0v) is 11.1. The van der Waals surface area contributed by atoms with Crippen LogP contribution in [-0.4, -0.2) is 6.04 Å². The van der Waals surface area contributed by atoms with Crippen molar-refractivity contribution < 1.29 is 0 Å². The molecule has 2 aromatic heterocycles. The lowest BCUT2D eigenvalue weighted by Crippen LogP contribution is -2.30. The highest BCUT2D eigenvalue weighted by molar-refractivity contribution is 7.11. The fraction of sp³-hybridized carbons (Fsp3) is 0.286. The van der Waals surface area contributed by atoms with E-state index in [1.54, 1.807) is 0 Å². The van der Waals surface area contributed by atoms with Crippen LogP contribution in [0.25, 0.3) is 0 Å². The molecule has 0 atom stereocenters. The largest absolute Gasteiger partial charge is 0.302 e. The normalized spacial score (nSPS) is 16.1. The minimum absolute atomic E-state index is 0.375. The van der Waals surface area contributed by atoms with Crippen LogP contribution >= 0.6 is 22.7 Å². The summed E-state index contributed by atoms with van der Waals surface area (Å²) in [6.07, 6.45) is 6.87. The third-order valence-electron chi connectivity index (χ3n) is 3.07. The molecule has 0 saturated carbocycles. The van der Waals surface area contributed by atoms with Crippen molar-refractivity contribution in [2.24, 2.45) is 0 Å². The second-order valence-electron chi connectivity index (χ2n) is 4.27. The molecular weight excluding hydrogens is 246 g/mol. The molecule has 1 nitrogen and oxygen atoms in total. The maximum Gasteiger partial charge on any atom is 0.0767 e. The van der Waals surface area contributed by atoms with E-state index in [0.717, 1.165) is 12.8 Å². The van der Waals surface area contributed by atoms with Crippen LogP contribution in [0, 0.1) is 0 Å². The molecule has 2 heterocycles. The minimum Gasteiger partial charge on any atom is -0.302 e. The van der Waals surface area contributed by atoms with Gasteiger partial charge >= 0.3 is 0 Å². The number of hydrogen-bond donors (Lipinski definition) is 1. The van der Waals surface area contributed by atoms with Crippen LogP contribution in [0.5, 0.6) is 0 Å². The first-order chi connectivity index (χ1) is 8.43. The molecule has 0 radical (unpaired) electrons. The van der Waals surface area contributed by atoms with Crippen LogP contribution in [0.4, 0.5) is 0 Å². The Morgan fingerprint density at radius 1 is 1.00 bits per heavy atom. The van der Waals surface area contributed by atoms with E-state index >= 15 is 0 Å². The van der Waals surface area contributed by atoms with Gasteiger partial charge in [-0.25, -0.2) is 0 Å². The van der Waals surface area contributed by atoms with Gasteiger partial charge in [0.1, 0.15) is 0 Å². The molecule has 3 heteroatoms. The lowest BCUT2D eigenvalue weighted by atomic mass is 10.1. The van der Waals surface area contributed by atoms with E-state index in [2.05, 4.69) is 52.5 Å². The molecule has 1 aliphatic rings. The summed E-state index contributed by atoms with van der Waals surface area (Å²) in [4.78, 5) is 2.83. The predicted molar refractivity (Wildman–Crippen MR) is 75.8 cm³/mol. The number of nitrogens with one attached hydrogen (secondary N) is 1. The van der Waals surface area contributed by atoms with Crippen molar-refractivity contribution in [1.29, 1.82) is 0 Å². The highest BCUT2D eigenvalue weighted by Gasteiger charge is 2.20. The Morgan fingerprint density at radius 3 is 2.06 bits per heavy atom. The summed E-state index contributed by atoms with van der Waals surface area (Å²) < 4.78 is 0. The van der Waals surface area contributed by atoms with Crippen molar-refractivity contribution >= 4 is 22.7 Å². The maximum absolute atomic E-state index is 3.78. The molecular formula is C14H15NS2. The Kier molecular flexibility index (Phi) is 3.41. The Balaban J connectivity index is 1.81. The van der Waals surface area contributed by atoms with Gasteiger partial charge in [0.15, 0.2) is 0 Å². The van der Waals surface area contributed by atoms with Crippen LogP contribution in [0.2, 0.25) is 0 Å². The van der Waals surface area contributed by atoms with Crippen LogP contribution < -0.4 is 5.32 Å². The van der Waals surface area contributed by atoms with Crippen LogP contribution in [0.15, 0.2) is 47.2 Å². The Bertz CT molecular complexity index is 428. The van der Waals surface area contributed by atoms with Gasteiger partial charge in [0.05, 0.1) is 6.04 Å². The fourth-order valence-corrected chi connectivity index (χ4v) is 3.88. The van der Waals surface area contributed by atoms with Crippen molar-refractivity contribution in [3.05, 3.63) is 56.9 Å². The molecule has 2 aromatic rings. The third kappa shape index (κ3) is 2.51. The van der Waals surface area contributed by atoms with Gasteiger partial charge in [-0.2, -0.15) is 0 Å². The van der Waals surface area contributed by atoms with Crippen molar-refractivity contribution in [2.75, 3.05) is 0 Å². The second-order valence-corrected chi connectivity index (χ2v) is 6.23. The summed E-state index contributed by atoms with van der Waals surface area (Å²) in [5, 5.41) is 8.09. The predicted octanol–water partition coefficient (Wildman–Crippen LogP) is 4.21. The van der Waals surface area contributed by atoms with Gasteiger partial charge in [0, 0.05) is 15.8 Å². The monoisotopic (exact) mass is 261 g/mol. The van der Waals surface area contributed by atoms with Crippen molar-refractivity contribution in [1.82, 2.24) is 5.32 Å². The van der Waals surface area contributed by atoms with Crippen molar-refractivity contribution in [2.45, 2.75) is 24.9 Å². The van der Waals surface area contributed by atoms with Gasteiger partial charge in [-0.3, -0.25) is 0 Å². The highest BCUT2D eigenvalue weighted by Crippen LogP contribution is 2.30. The van der Waals surface area contributed by atoms with Crippen molar-refractivity contribution in [3.63, 3.8) is 0 Å². The van der Waals surface area contributed by atoms with E-state index in [4.69, 9.17) is 0 Å². The first kappa shape index (κ1) is 11.2. The van der Waals surface area contributed by atoms with E-state index in [1.807, 2.05) is 22.7 Å². The molecule has 1 aliphatic carbocycles. The van der Waals surface area contributed by atoms with Gasteiger partial charge in [-0.15, -0.1) is 22.7 Å². The summed E-state index contributed by atoms with van der Waals surface area (Å²) in [6.45, 7) is 0. The minimum atomic E-state index is 0.375. The van der Waals surface area contributed by atoms with Gasteiger partial charge < -0.3 is 5.32 Å². The molecule has 0 unspecified atom stereocenters. The molecule has 3 rings (SSSR count). The number of thiophene rings is 2. The zero-order valence-electron chi connectivity index (χ0n) is 9.50. The van der Waals surface area contributed by atoms with Gasteiger partial charge in [0.2, 0.25) is 0 Å².